The molecule has 1 N–H and O–H groups in total. The predicted octanol–water partition coefficient (Wildman–Crippen LogP) is 2.74. The van der Waals surface area contributed by atoms with Gasteiger partial charge in [0, 0.05) is 19.1 Å². The van der Waals surface area contributed by atoms with E-state index < -0.39 is 15.8 Å². The lowest BCUT2D eigenvalue weighted by Gasteiger charge is -2.23. The van der Waals surface area contributed by atoms with Crippen molar-refractivity contribution < 1.29 is 12.8 Å². The second-order valence-corrected chi connectivity index (χ2v) is 8.01. The number of hydrogen-bond acceptors (Lipinski definition) is 3. The first-order valence-corrected chi connectivity index (χ1v) is 9.33. The summed E-state index contributed by atoms with van der Waals surface area (Å²) in [5, 5.41) is 0. The van der Waals surface area contributed by atoms with E-state index in [0.29, 0.717) is 19.1 Å². The Bertz CT molecular complexity index is 589. The molecule has 1 saturated carbocycles. The summed E-state index contributed by atoms with van der Waals surface area (Å²) in [5.41, 5.74) is 0. The maximum atomic E-state index is 13.4. The van der Waals surface area contributed by atoms with Gasteiger partial charge in [-0.05, 0) is 54.0 Å². The average molecular weight is 379 g/mol. The smallest absolute Gasteiger partial charge is 0.240 e. The van der Waals surface area contributed by atoms with Gasteiger partial charge in [0.2, 0.25) is 10.0 Å². The number of rotatable bonds is 6. The highest BCUT2D eigenvalue weighted by Gasteiger charge is 2.20. The maximum absolute atomic E-state index is 13.4. The zero-order valence-corrected chi connectivity index (χ0v) is 14.4. The summed E-state index contributed by atoms with van der Waals surface area (Å²) in [4.78, 5) is 2.14. The van der Waals surface area contributed by atoms with E-state index in [9.17, 15) is 12.8 Å². The molecule has 1 fully saturated rings. The number of sulfonamides is 1. The highest BCUT2D eigenvalue weighted by molar-refractivity contribution is 9.10. The number of likely N-dealkylation sites (N-methyl/N-ethyl adjacent to an activating group) is 1. The number of hydrogen-bond donors (Lipinski definition) is 1. The van der Waals surface area contributed by atoms with Gasteiger partial charge in [-0.15, -0.1) is 0 Å². The fourth-order valence-corrected chi connectivity index (χ4v) is 3.89. The molecule has 0 saturated heterocycles. The van der Waals surface area contributed by atoms with Crippen molar-refractivity contribution in [1.29, 1.82) is 0 Å². The Labute approximate surface area is 133 Å². The zero-order valence-electron chi connectivity index (χ0n) is 12.0. The molecule has 0 heterocycles. The van der Waals surface area contributed by atoms with E-state index in [1.165, 1.54) is 37.8 Å². The zero-order chi connectivity index (χ0) is 15.5. The topological polar surface area (TPSA) is 49.4 Å². The van der Waals surface area contributed by atoms with Crippen LogP contribution < -0.4 is 4.72 Å². The lowest BCUT2D eigenvalue weighted by Crippen LogP contribution is -2.37. The summed E-state index contributed by atoms with van der Waals surface area (Å²) in [7, 11) is -1.64. The average Bonchev–Trinajstić information content (AvgIpc) is 2.95. The summed E-state index contributed by atoms with van der Waals surface area (Å²) in [6.45, 7) is 0.982. The Morgan fingerprint density at radius 1 is 1.38 bits per heavy atom. The predicted molar refractivity (Wildman–Crippen MR) is 84.2 cm³/mol. The van der Waals surface area contributed by atoms with E-state index in [2.05, 4.69) is 25.6 Å². The van der Waals surface area contributed by atoms with Crippen LogP contribution in [0, 0.1) is 5.82 Å². The molecule has 0 atom stereocenters. The van der Waals surface area contributed by atoms with Crippen LogP contribution >= 0.6 is 15.9 Å². The molecule has 0 unspecified atom stereocenters. The van der Waals surface area contributed by atoms with Crippen LogP contribution in [0.3, 0.4) is 0 Å². The third-order valence-electron chi connectivity index (χ3n) is 3.91. The number of halogens is 2. The summed E-state index contributed by atoms with van der Waals surface area (Å²) in [5.74, 6) is -0.582. The molecule has 0 radical (unpaired) electrons. The highest BCUT2D eigenvalue weighted by atomic mass is 79.9. The summed E-state index contributed by atoms with van der Waals surface area (Å²) in [6.07, 6.45) is 4.86. The molecule has 0 aromatic heterocycles. The fourth-order valence-electron chi connectivity index (χ4n) is 2.61. The van der Waals surface area contributed by atoms with Crippen LogP contribution in [-0.2, 0) is 10.0 Å². The van der Waals surface area contributed by atoms with E-state index in [1.807, 2.05) is 7.05 Å². The van der Waals surface area contributed by atoms with Crippen molar-refractivity contribution in [2.24, 2.45) is 0 Å². The third-order valence-corrected chi connectivity index (χ3v) is 6.01. The normalized spacial score (nSPS) is 16.8. The molecule has 7 heteroatoms. The van der Waals surface area contributed by atoms with Gasteiger partial charge in [-0.2, -0.15) is 0 Å². The largest absolute Gasteiger partial charge is 0.302 e. The second kappa shape index (κ2) is 7.17. The van der Waals surface area contributed by atoms with Crippen LogP contribution in [0.15, 0.2) is 27.6 Å². The Morgan fingerprint density at radius 3 is 2.67 bits per heavy atom. The second-order valence-electron chi connectivity index (χ2n) is 5.39. The Balaban J connectivity index is 1.90. The maximum Gasteiger partial charge on any atom is 0.240 e. The van der Waals surface area contributed by atoms with Crippen molar-refractivity contribution in [3.05, 3.63) is 28.5 Å². The first-order chi connectivity index (χ1) is 9.90. The molecular formula is C14H20BrFN2O2S. The Hall–Kier alpha value is -0.500. The van der Waals surface area contributed by atoms with Gasteiger partial charge in [-0.1, -0.05) is 12.8 Å². The van der Waals surface area contributed by atoms with E-state index in [1.54, 1.807) is 0 Å². The van der Waals surface area contributed by atoms with Crippen LogP contribution in [-0.4, -0.2) is 39.5 Å². The minimum absolute atomic E-state index is 0.0493. The van der Waals surface area contributed by atoms with Gasteiger partial charge in [-0.25, -0.2) is 17.5 Å². The number of benzene rings is 1. The third kappa shape index (κ3) is 4.48. The van der Waals surface area contributed by atoms with Crippen molar-refractivity contribution in [1.82, 2.24) is 9.62 Å². The van der Waals surface area contributed by atoms with Gasteiger partial charge in [0.05, 0.1) is 9.37 Å². The van der Waals surface area contributed by atoms with Crippen molar-refractivity contribution in [2.75, 3.05) is 20.1 Å². The summed E-state index contributed by atoms with van der Waals surface area (Å²) >= 11 is 3.01. The molecule has 2 rings (SSSR count). The molecule has 0 amide bonds. The van der Waals surface area contributed by atoms with Gasteiger partial charge in [0.1, 0.15) is 5.82 Å². The van der Waals surface area contributed by atoms with Crippen molar-refractivity contribution >= 4 is 26.0 Å². The first kappa shape index (κ1) is 16.9. The SMILES string of the molecule is CN(CCNS(=O)(=O)c1ccc(Br)c(F)c1)C1CCCC1. The molecule has 1 aromatic rings. The van der Waals surface area contributed by atoms with E-state index >= 15 is 0 Å². The number of nitrogens with zero attached hydrogens (tertiary/aromatic N) is 1. The molecule has 1 aliphatic carbocycles. The molecule has 0 bridgehead atoms. The fraction of sp³-hybridized carbons (Fsp3) is 0.571. The molecular weight excluding hydrogens is 359 g/mol. The Morgan fingerprint density at radius 2 is 2.05 bits per heavy atom. The van der Waals surface area contributed by atoms with Crippen molar-refractivity contribution in [2.45, 2.75) is 36.6 Å². The van der Waals surface area contributed by atoms with Crippen LogP contribution in [0.2, 0.25) is 0 Å². The van der Waals surface area contributed by atoms with Crippen LogP contribution in [0.25, 0.3) is 0 Å². The standard InChI is InChI=1S/C14H20BrFN2O2S/c1-18(11-4-2-3-5-11)9-8-17-21(19,20)12-6-7-13(15)14(16)10-12/h6-7,10-11,17H,2-5,8-9H2,1H3. The highest BCUT2D eigenvalue weighted by Crippen LogP contribution is 2.22. The lowest BCUT2D eigenvalue weighted by molar-refractivity contribution is 0.250. The molecule has 1 aromatic carbocycles. The van der Waals surface area contributed by atoms with Gasteiger partial charge < -0.3 is 4.90 Å². The van der Waals surface area contributed by atoms with E-state index in [0.717, 1.165) is 6.07 Å². The molecule has 21 heavy (non-hydrogen) atoms. The molecule has 0 aliphatic heterocycles. The number of nitrogens with one attached hydrogen (secondary N) is 1. The van der Waals surface area contributed by atoms with Crippen molar-refractivity contribution in [3.63, 3.8) is 0 Å². The Kier molecular flexibility index (Phi) is 5.76. The van der Waals surface area contributed by atoms with Crippen LogP contribution in [0.5, 0.6) is 0 Å². The van der Waals surface area contributed by atoms with Crippen molar-refractivity contribution in [3.8, 4) is 0 Å². The molecule has 1 aliphatic rings. The van der Waals surface area contributed by atoms with Gasteiger partial charge >= 0.3 is 0 Å². The molecule has 118 valence electrons. The van der Waals surface area contributed by atoms with E-state index in [-0.39, 0.29) is 9.37 Å². The van der Waals surface area contributed by atoms with E-state index in [4.69, 9.17) is 0 Å². The lowest BCUT2D eigenvalue weighted by atomic mass is 10.2. The monoisotopic (exact) mass is 378 g/mol. The van der Waals surface area contributed by atoms with Gasteiger partial charge in [0.25, 0.3) is 0 Å². The molecule has 0 spiro atoms. The summed E-state index contributed by atoms with van der Waals surface area (Å²) < 4.78 is 40.4. The van der Waals surface area contributed by atoms with Crippen LogP contribution in [0.4, 0.5) is 4.39 Å². The van der Waals surface area contributed by atoms with Crippen LogP contribution in [0.1, 0.15) is 25.7 Å². The first-order valence-electron chi connectivity index (χ1n) is 7.05. The minimum atomic E-state index is -3.66. The molecule has 4 nitrogen and oxygen atoms in total. The quantitative estimate of drug-likeness (QED) is 0.827. The minimum Gasteiger partial charge on any atom is -0.302 e. The van der Waals surface area contributed by atoms with Gasteiger partial charge in [-0.3, -0.25) is 0 Å². The summed E-state index contributed by atoms with van der Waals surface area (Å²) in [6, 6.07) is 4.36. The van der Waals surface area contributed by atoms with Gasteiger partial charge in [0.15, 0.2) is 0 Å².